The molecule has 0 aromatic heterocycles. The number of hydrogen-bond donors (Lipinski definition) is 2. The normalized spacial score (nSPS) is 14.2. The number of aryl methyl sites for hydroxylation is 1. The Morgan fingerprint density at radius 3 is 2.40 bits per heavy atom. The van der Waals surface area contributed by atoms with Crippen LogP contribution in [0, 0.1) is 23.7 Å². The minimum atomic E-state index is -1.02. The molecule has 0 atom stereocenters. The highest BCUT2D eigenvalue weighted by Crippen LogP contribution is 2.47. The molecule has 2 aromatic rings. The van der Waals surface area contributed by atoms with E-state index in [1.165, 1.54) is 0 Å². The maximum atomic E-state index is 12.6. The quantitative estimate of drug-likeness (QED) is 0.826. The first-order chi connectivity index (χ1) is 12.0. The lowest BCUT2D eigenvalue weighted by molar-refractivity contribution is -0.134. The van der Waals surface area contributed by atoms with Gasteiger partial charge in [-0.25, -0.2) is 0 Å². The maximum Gasteiger partial charge on any atom is 0.240 e. The topological polar surface area (TPSA) is 82.0 Å². The van der Waals surface area contributed by atoms with E-state index in [0.717, 1.165) is 11.1 Å². The Kier molecular flexibility index (Phi) is 4.53. The number of carbonyl (C=O) groups is 2. The number of rotatable bonds is 5. The van der Waals surface area contributed by atoms with E-state index in [4.69, 9.17) is 5.26 Å². The number of amides is 2. The van der Waals surface area contributed by atoms with Crippen LogP contribution in [0.15, 0.2) is 48.5 Å². The van der Waals surface area contributed by atoms with Crippen LogP contribution in [-0.4, -0.2) is 11.8 Å². The fourth-order valence-electron chi connectivity index (χ4n) is 2.67. The number of para-hydroxylation sites is 1. The lowest BCUT2D eigenvalue weighted by atomic mass is 10.0. The van der Waals surface area contributed by atoms with Crippen molar-refractivity contribution in [2.45, 2.75) is 26.3 Å². The summed E-state index contributed by atoms with van der Waals surface area (Å²) in [5.41, 5.74) is 1.95. The van der Waals surface area contributed by atoms with Gasteiger partial charge in [0, 0.05) is 6.54 Å². The molecule has 5 heteroatoms. The Bertz CT molecular complexity index is 846. The van der Waals surface area contributed by atoms with Gasteiger partial charge in [-0.3, -0.25) is 9.59 Å². The van der Waals surface area contributed by atoms with Crippen molar-refractivity contribution in [2.75, 3.05) is 5.32 Å². The van der Waals surface area contributed by atoms with Crippen LogP contribution in [0.5, 0.6) is 0 Å². The highest BCUT2D eigenvalue weighted by molar-refractivity contribution is 6.13. The third kappa shape index (κ3) is 3.53. The van der Waals surface area contributed by atoms with Gasteiger partial charge in [0.2, 0.25) is 11.8 Å². The standard InChI is InChI=1S/C20H19N3O2/c1-14-6-8-15(9-7-14)13-22-18(24)20(10-11-20)19(25)23-17-5-3-2-4-16(17)12-21/h2-9H,10-11,13H2,1H3,(H,22,24)(H,23,25). The summed E-state index contributed by atoms with van der Waals surface area (Å²) in [5, 5.41) is 14.7. The SMILES string of the molecule is Cc1ccc(CNC(=O)C2(C(=O)Nc3ccccc3C#N)CC2)cc1. The van der Waals surface area contributed by atoms with E-state index < -0.39 is 5.41 Å². The Balaban J connectivity index is 1.64. The number of hydrogen-bond acceptors (Lipinski definition) is 3. The van der Waals surface area contributed by atoms with Gasteiger partial charge in [0.05, 0.1) is 11.3 Å². The van der Waals surface area contributed by atoms with Crippen LogP contribution < -0.4 is 10.6 Å². The maximum absolute atomic E-state index is 12.6. The van der Waals surface area contributed by atoms with Gasteiger partial charge in [-0.15, -0.1) is 0 Å². The van der Waals surface area contributed by atoms with E-state index in [9.17, 15) is 9.59 Å². The van der Waals surface area contributed by atoms with Crippen LogP contribution in [0.3, 0.4) is 0 Å². The van der Waals surface area contributed by atoms with E-state index in [0.29, 0.717) is 30.6 Å². The lowest BCUT2D eigenvalue weighted by Crippen LogP contribution is -2.39. The summed E-state index contributed by atoms with van der Waals surface area (Å²) in [6.45, 7) is 2.40. The third-order valence-electron chi connectivity index (χ3n) is 4.49. The average molecular weight is 333 g/mol. The second-order valence-corrected chi connectivity index (χ2v) is 6.36. The second kappa shape index (κ2) is 6.78. The molecule has 1 aliphatic carbocycles. The van der Waals surface area contributed by atoms with Gasteiger partial charge >= 0.3 is 0 Å². The van der Waals surface area contributed by atoms with Gasteiger partial charge < -0.3 is 10.6 Å². The van der Waals surface area contributed by atoms with Crippen LogP contribution in [0.1, 0.15) is 29.5 Å². The highest BCUT2D eigenvalue weighted by Gasteiger charge is 2.56. The Morgan fingerprint density at radius 2 is 1.76 bits per heavy atom. The molecule has 1 aliphatic rings. The van der Waals surface area contributed by atoms with Gasteiger partial charge in [0.25, 0.3) is 0 Å². The zero-order chi connectivity index (χ0) is 17.9. The predicted molar refractivity (Wildman–Crippen MR) is 94.5 cm³/mol. The van der Waals surface area contributed by atoms with Crippen molar-refractivity contribution in [2.24, 2.45) is 5.41 Å². The number of nitrogens with one attached hydrogen (secondary N) is 2. The number of nitriles is 1. The molecule has 0 bridgehead atoms. The molecule has 2 N–H and O–H groups in total. The molecular weight excluding hydrogens is 314 g/mol. The smallest absolute Gasteiger partial charge is 0.240 e. The molecule has 3 rings (SSSR count). The van der Waals surface area contributed by atoms with Gasteiger partial charge in [-0.1, -0.05) is 42.0 Å². The van der Waals surface area contributed by atoms with Gasteiger partial charge in [-0.2, -0.15) is 5.26 Å². The Hall–Kier alpha value is -3.13. The molecule has 0 saturated heterocycles. The molecule has 2 aromatic carbocycles. The van der Waals surface area contributed by atoms with Crippen molar-refractivity contribution in [1.29, 1.82) is 5.26 Å². The Labute approximate surface area is 146 Å². The van der Waals surface area contributed by atoms with E-state index >= 15 is 0 Å². The van der Waals surface area contributed by atoms with Gasteiger partial charge in [-0.05, 0) is 37.5 Å². The zero-order valence-corrected chi connectivity index (χ0v) is 14.0. The molecule has 5 nitrogen and oxygen atoms in total. The molecule has 2 amide bonds. The van der Waals surface area contributed by atoms with Crippen LogP contribution in [0.2, 0.25) is 0 Å². The largest absolute Gasteiger partial charge is 0.351 e. The van der Waals surface area contributed by atoms with E-state index in [1.807, 2.05) is 37.3 Å². The molecule has 0 aliphatic heterocycles. The molecule has 1 saturated carbocycles. The number of carbonyl (C=O) groups excluding carboxylic acids is 2. The molecule has 25 heavy (non-hydrogen) atoms. The van der Waals surface area contributed by atoms with Gasteiger partial charge in [0.1, 0.15) is 11.5 Å². The number of nitrogens with zero attached hydrogens (tertiary/aromatic N) is 1. The van der Waals surface area contributed by atoms with Crippen molar-refractivity contribution in [3.05, 3.63) is 65.2 Å². The summed E-state index contributed by atoms with van der Waals surface area (Å²) in [6.07, 6.45) is 1.04. The zero-order valence-electron chi connectivity index (χ0n) is 14.0. The first-order valence-electron chi connectivity index (χ1n) is 8.19. The van der Waals surface area contributed by atoms with Crippen molar-refractivity contribution >= 4 is 17.5 Å². The van der Waals surface area contributed by atoms with Crippen molar-refractivity contribution in [3.63, 3.8) is 0 Å². The van der Waals surface area contributed by atoms with Crippen molar-refractivity contribution < 1.29 is 9.59 Å². The molecule has 0 radical (unpaired) electrons. The fourth-order valence-corrected chi connectivity index (χ4v) is 2.67. The minimum absolute atomic E-state index is 0.264. The summed E-state index contributed by atoms with van der Waals surface area (Å²) in [4.78, 5) is 25.1. The Morgan fingerprint density at radius 1 is 1.08 bits per heavy atom. The molecule has 1 fully saturated rings. The van der Waals surface area contributed by atoms with E-state index in [-0.39, 0.29) is 11.8 Å². The van der Waals surface area contributed by atoms with Crippen LogP contribution in [0.4, 0.5) is 5.69 Å². The van der Waals surface area contributed by atoms with Crippen LogP contribution >= 0.6 is 0 Å². The van der Waals surface area contributed by atoms with E-state index in [2.05, 4.69) is 10.6 Å². The predicted octanol–water partition coefficient (Wildman–Crippen LogP) is 2.90. The number of benzene rings is 2. The summed E-state index contributed by atoms with van der Waals surface area (Å²) >= 11 is 0. The molecule has 126 valence electrons. The molecule has 0 unspecified atom stereocenters. The monoisotopic (exact) mass is 333 g/mol. The van der Waals surface area contributed by atoms with Crippen molar-refractivity contribution in [1.82, 2.24) is 5.32 Å². The molecule has 0 heterocycles. The lowest BCUT2D eigenvalue weighted by Gasteiger charge is -2.16. The molecule has 0 spiro atoms. The minimum Gasteiger partial charge on any atom is -0.351 e. The summed E-state index contributed by atoms with van der Waals surface area (Å²) in [7, 11) is 0. The molecular formula is C20H19N3O2. The number of anilines is 1. The summed E-state index contributed by atoms with van der Waals surface area (Å²) in [5.74, 6) is -0.614. The first-order valence-corrected chi connectivity index (χ1v) is 8.19. The summed E-state index contributed by atoms with van der Waals surface area (Å²) in [6, 6.07) is 16.7. The third-order valence-corrected chi connectivity index (χ3v) is 4.49. The average Bonchev–Trinajstić information content (AvgIpc) is 3.43. The second-order valence-electron chi connectivity index (χ2n) is 6.36. The van der Waals surface area contributed by atoms with Crippen LogP contribution in [0.25, 0.3) is 0 Å². The van der Waals surface area contributed by atoms with Crippen LogP contribution in [-0.2, 0) is 16.1 Å². The van der Waals surface area contributed by atoms with E-state index in [1.54, 1.807) is 24.3 Å². The summed E-state index contributed by atoms with van der Waals surface area (Å²) < 4.78 is 0. The highest BCUT2D eigenvalue weighted by atomic mass is 16.2. The van der Waals surface area contributed by atoms with Gasteiger partial charge in [0.15, 0.2) is 0 Å². The fraction of sp³-hybridized carbons (Fsp3) is 0.250. The first kappa shape index (κ1) is 16.7. The van der Waals surface area contributed by atoms with Crippen molar-refractivity contribution in [3.8, 4) is 6.07 Å².